The molecule has 0 fully saturated rings. The van der Waals surface area contributed by atoms with E-state index >= 15 is 0 Å². The summed E-state index contributed by atoms with van der Waals surface area (Å²) in [6, 6.07) is -1.95. The Bertz CT molecular complexity index is 1760. The largest absolute Gasteiger partial charge is 0.481 e. The van der Waals surface area contributed by atoms with Crippen LogP contribution in [0.2, 0.25) is 0 Å². The van der Waals surface area contributed by atoms with Gasteiger partial charge in [-0.2, -0.15) is 0 Å². The fourth-order valence-corrected chi connectivity index (χ4v) is 5.81. The molecule has 7 amide bonds. The highest BCUT2D eigenvalue weighted by atomic mass is 16.4. The number of amides is 7. The maximum absolute atomic E-state index is 14.0. The first-order valence-corrected chi connectivity index (χ1v) is 18.4. The van der Waals surface area contributed by atoms with Crippen LogP contribution in [0, 0.1) is 5.92 Å². The zero-order valence-corrected chi connectivity index (χ0v) is 31.9. The summed E-state index contributed by atoms with van der Waals surface area (Å²) in [5.74, 6) is -9.94. The van der Waals surface area contributed by atoms with Crippen molar-refractivity contribution >= 4 is 64.2 Å². The first kappa shape index (κ1) is 47.1. The third-order valence-corrected chi connectivity index (χ3v) is 8.72. The van der Waals surface area contributed by atoms with Crippen molar-refractivity contribution in [2.75, 3.05) is 6.54 Å². The molecule has 0 unspecified atom stereocenters. The monoisotopic (exact) mass is 802 g/mol. The van der Waals surface area contributed by atoms with E-state index in [0.717, 1.165) is 0 Å². The van der Waals surface area contributed by atoms with Gasteiger partial charge in [0.05, 0.1) is 18.9 Å². The Morgan fingerprint density at radius 2 is 1.23 bits per heavy atom. The number of nitrogens with one attached hydrogen (secondary N) is 6. The van der Waals surface area contributed by atoms with Crippen LogP contribution in [0.1, 0.15) is 70.8 Å². The zero-order chi connectivity index (χ0) is 42.8. The highest BCUT2D eigenvalue weighted by Gasteiger charge is 2.35. The first-order valence-electron chi connectivity index (χ1n) is 18.4. The fourth-order valence-electron chi connectivity index (χ4n) is 5.81. The molecule has 0 radical (unpaired) electrons. The lowest BCUT2D eigenvalue weighted by molar-refractivity contribution is -0.144. The lowest BCUT2D eigenvalue weighted by Crippen LogP contribution is -2.60. The van der Waals surface area contributed by atoms with Gasteiger partial charge in [-0.1, -0.05) is 32.0 Å². The Kier molecular flexibility index (Phi) is 19.1. The minimum Gasteiger partial charge on any atom is -0.481 e. The number of fused-ring (bicyclic) bond motifs is 1. The molecule has 1 aromatic carbocycles. The SMILES string of the molecule is CC(C)C[C@H](N)C(=O)N[C@@H](CCCCN)C(=O)N[C@@H](Cc1c[nH]c2ccccc12)C(=O)N[C@@H](CC(=O)O)C(=O)N[C@@H](CC(N)=O)C(=O)N[C@@H](CCC(N)=O)C(=O)O. The number of aromatic amines is 1. The number of nitrogens with two attached hydrogens (primary N) is 4. The van der Waals surface area contributed by atoms with Crippen molar-refractivity contribution in [3.63, 3.8) is 0 Å². The highest BCUT2D eigenvalue weighted by molar-refractivity contribution is 5.99. The minimum absolute atomic E-state index is 0.0749. The molecule has 1 heterocycles. The topological polar surface area (TPSA) is 374 Å². The predicted molar refractivity (Wildman–Crippen MR) is 204 cm³/mol. The summed E-state index contributed by atoms with van der Waals surface area (Å²) < 4.78 is 0. The number of primary amides is 2. The summed E-state index contributed by atoms with van der Waals surface area (Å²) >= 11 is 0. The van der Waals surface area contributed by atoms with E-state index in [1.807, 2.05) is 13.8 Å². The van der Waals surface area contributed by atoms with E-state index in [4.69, 9.17) is 22.9 Å². The van der Waals surface area contributed by atoms with Gasteiger partial charge >= 0.3 is 11.9 Å². The number of benzene rings is 1. The second kappa shape index (κ2) is 23.1. The third-order valence-electron chi connectivity index (χ3n) is 8.72. The number of rotatable bonds is 26. The molecule has 16 N–H and O–H groups in total. The second-order valence-corrected chi connectivity index (χ2v) is 14.0. The van der Waals surface area contributed by atoms with Crippen molar-refractivity contribution in [1.82, 2.24) is 31.6 Å². The molecule has 2 aromatic rings. The van der Waals surface area contributed by atoms with Crippen molar-refractivity contribution in [3.05, 3.63) is 36.0 Å². The number of carbonyl (C=O) groups is 9. The van der Waals surface area contributed by atoms with Crippen LogP contribution in [-0.2, 0) is 49.6 Å². The third kappa shape index (κ3) is 16.3. The number of aliphatic carboxylic acids is 2. The van der Waals surface area contributed by atoms with Crippen LogP contribution in [0.4, 0.5) is 0 Å². The number of para-hydroxylation sites is 1. The number of unbranched alkanes of at least 4 members (excludes halogenated alkanes) is 1. The van der Waals surface area contributed by atoms with Gasteiger partial charge in [-0.15, -0.1) is 0 Å². The van der Waals surface area contributed by atoms with E-state index in [0.29, 0.717) is 42.3 Å². The molecule has 2 rings (SSSR count). The number of carboxylic acid groups (broad SMARTS) is 2. The van der Waals surface area contributed by atoms with E-state index in [1.165, 1.54) is 0 Å². The Labute approximate surface area is 328 Å². The normalized spacial score (nSPS) is 14.3. The van der Waals surface area contributed by atoms with Gasteiger partial charge in [0.15, 0.2) is 0 Å². The molecule has 0 aliphatic carbocycles. The number of aromatic nitrogens is 1. The average Bonchev–Trinajstić information content (AvgIpc) is 3.53. The van der Waals surface area contributed by atoms with Gasteiger partial charge in [-0.05, 0) is 56.2 Å². The summed E-state index contributed by atoms with van der Waals surface area (Å²) in [5.41, 5.74) is 23.3. The smallest absolute Gasteiger partial charge is 0.326 e. The van der Waals surface area contributed by atoms with Gasteiger partial charge in [0.25, 0.3) is 0 Å². The molecule has 21 heteroatoms. The highest BCUT2D eigenvalue weighted by Crippen LogP contribution is 2.20. The Morgan fingerprint density at radius 3 is 1.79 bits per heavy atom. The molecule has 0 spiro atoms. The molecule has 314 valence electrons. The zero-order valence-electron chi connectivity index (χ0n) is 31.9. The van der Waals surface area contributed by atoms with Crippen molar-refractivity contribution < 1.29 is 53.4 Å². The van der Waals surface area contributed by atoms with Crippen molar-refractivity contribution in [2.24, 2.45) is 28.9 Å². The van der Waals surface area contributed by atoms with Gasteiger partial charge in [0.2, 0.25) is 41.4 Å². The standard InChI is InChI=1S/C36H54N10O11/c1-18(2)13-21(38)31(51)42-23(9-5-6-12-37)32(52)44-25(14-19-17-41-22-8-4-3-7-20(19)22)33(53)46-27(16-30(49)50)35(55)45-26(15-29(40)48)34(54)43-24(36(56)57)10-11-28(39)47/h3-4,7-8,17-18,21,23-27,41H,5-6,9-16,37-38H2,1-2H3,(H2,39,47)(H2,40,48)(H,42,51)(H,43,54)(H,44,52)(H,45,55)(H,46,53)(H,49,50)(H,56,57)/t21-,23-,24-,25-,26-,27-/m0/s1. The number of H-pyrrole nitrogens is 1. The minimum atomic E-state index is -1.92. The number of carbonyl (C=O) groups excluding carboxylic acids is 7. The van der Waals surface area contributed by atoms with Crippen LogP contribution in [0.3, 0.4) is 0 Å². The predicted octanol–water partition coefficient (Wildman–Crippen LogP) is -2.66. The van der Waals surface area contributed by atoms with E-state index in [-0.39, 0.29) is 18.8 Å². The van der Waals surface area contributed by atoms with Crippen molar-refractivity contribution in [2.45, 2.75) is 108 Å². The number of hydrogen-bond donors (Lipinski definition) is 12. The number of hydrogen-bond acceptors (Lipinski definition) is 11. The van der Waals surface area contributed by atoms with Crippen molar-refractivity contribution in [3.8, 4) is 0 Å². The van der Waals surface area contributed by atoms with E-state index in [9.17, 15) is 53.4 Å². The Hall–Kier alpha value is -6.09. The van der Waals surface area contributed by atoms with Crippen LogP contribution in [0.5, 0.6) is 0 Å². The Balaban J connectivity index is 2.45. The van der Waals surface area contributed by atoms with Crippen molar-refractivity contribution in [1.29, 1.82) is 0 Å². The summed E-state index contributed by atoms with van der Waals surface area (Å²) in [5, 5.41) is 31.6. The molecule has 21 nitrogen and oxygen atoms in total. The van der Waals surface area contributed by atoms with Gasteiger partial charge in [0.1, 0.15) is 30.2 Å². The quantitative estimate of drug-likeness (QED) is 0.0433. The van der Waals surface area contributed by atoms with E-state index in [1.54, 1.807) is 30.5 Å². The summed E-state index contributed by atoms with van der Waals surface area (Å²) in [7, 11) is 0. The van der Waals surface area contributed by atoms with Crippen LogP contribution in [0.15, 0.2) is 30.5 Å². The lowest BCUT2D eigenvalue weighted by Gasteiger charge is -2.27. The molecule has 0 saturated heterocycles. The van der Waals surface area contributed by atoms with Gasteiger partial charge < -0.3 is 64.7 Å². The summed E-state index contributed by atoms with van der Waals surface area (Å²) in [6.45, 7) is 4.06. The Morgan fingerprint density at radius 1 is 0.684 bits per heavy atom. The molecule has 1 aromatic heterocycles. The van der Waals surface area contributed by atoms with Gasteiger partial charge in [-0.25, -0.2) is 4.79 Å². The maximum Gasteiger partial charge on any atom is 0.326 e. The molecule has 0 aliphatic heterocycles. The summed E-state index contributed by atoms with van der Waals surface area (Å²) in [4.78, 5) is 117. The molecular weight excluding hydrogens is 748 g/mol. The van der Waals surface area contributed by atoms with E-state index in [2.05, 4.69) is 31.6 Å². The lowest BCUT2D eigenvalue weighted by atomic mass is 10.0. The second-order valence-electron chi connectivity index (χ2n) is 14.0. The van der Waals surface area contributed by atoms with E-state index < -0.39 is 115 Å². The van der Waals surface area contributed by atoms with Crippen LogP contribution in [-0.4, -0.2) is 111 Å². The van der Waals surface area contributed by atoms with Crippen LogP contribution < -0.4 is 49.5 Å². The molecule has 0 bridgehead atoms. The summed E-state index contributed by atoms with van der Waals surface area (Å²) in [6.07, 6.45) is 0.0372. The molecule has 0 saturated carbocycles. The molecule has 0 aliphatic rings. The average molecular weight is 803 g/mol. The molecular formula is C36H54N10O11. The van der Waals surface area contributed by atoms with Crippen LogP contribution in [0.25, 0.3) is 10.9 Å². The van der Waals surface area contributed by atoms with Gasteiger partial charge in [-0.3, -0.25) is 38.4 Å². The fraction of sp³-hybridized carbons (Fsp3) is 0.528. The van der Waals surface area contributed by atoms with Crippen LogP contribution >= 0.6 is 0 Å². The maximum atomic E-state index is 14.0. The van der Waals surface area contributed by atoms with Gasteiger partial charge in [0, 0.05) is 29.9 Å². The molecule has 57 heavy (non-hydrogen) atoms. The molecule has 6 atom stereocenters. The number of carboxylic acids is 2. The first-order chi connectivity index (χ1) is 26.8.